The minimum absolute atomic E-state index is 0.0531. The molecule has 0 atom stereocenters. The van der Waals surface area contributed by atoms with Gasteiger partial charge in [0, 0.05) is 5.56 Å². The van der Waals surface area contributed by atoms with E-state index < -0.39 is 11.9 Å². The SMILES string of the molecule is C=CCc1cc(/C=C2/NC(=O)N(Cc3ccc(F)cc3)C2=O)cc(OCC)c1OCC. The fourth-order valence-corrected chi connectivity index (χ4v) is 3.30. The molecular weight excluding hydrogens is 399 g/mol. The van der Waals surface area contributed by atoms with Crippen molar-refractivity contribution in [3.8, 4) is 11.5 Å². The lowest BCUT2D eigenvalue weighted by Gasteiger charge is -2.16. The number of hydrogen-bond donors (Lipinski definition) is 1. The molecule has 0 spiro atoms. The zero-order valence-electron chi connectivity index (χ0n) is 17.6. The summed E-state index contributed by atoms with van der Waals surface area (Å²) in [5.74, 6) is 0.380. The Morgan fingerprint density at radius 3 is 2.45 bits per heavy atom. The summed E-state index contributed by atoms with van der Waals surface area (Å²) in [5, 5.41) is 2.61. The van der Waals surface area contributed by atoms with E-state index >= 15 is 0 Å². The Bertz CT molecular complexity index is 1010. The van der Waals surface area contributed by atoms with Gasteiger partial charge in [0.1, 0.15) is 11.5 Å². The number of hydrogen-bond acceptors (Lipinski definition) is 4. The molecule has 3 amide bonds. The normalized spacial score (nSPS) is 14.7. The Balaban J connectivity index is 1.91. The van der Waals surface area contributed by atoms with Crippen LogP contribution in [-0.2, 0) is 17.8 Å². The highest BCUT2D eigenvalue weighted by Gasteiger charge is 2.33. The van der Waals surface area contributed by atoms with E-state index in [1.807, 2.05) is 19.9 Å². The van der Waals surface area contributed by atoms with Gasteiger partial charge in [-0.05, 0) is 61.7 Å². The molecule has 1 heterocycles. The highest BCUT2D eigenvalue weighted by Crippen LogP contribution is 2.35. The lowest BCUT2D eigenvalue weighted by atomic mass is 10.0. The molecule has 6 nitrogen and oxygen atoms in total. The number of benzene rings is 2. The maximum atomic E-state index is 13.1. The maximum absolute atomic E-state index is 13.1. The van der Waals surface area contributed by atoms with Crippen molar-refractivity contribution in [1.29, 1.82) is 0 Å². The molecule has 7 heteroatoms. The van der Waals surface area contributed by atoms with Crippen LogP contribution >= 0.6 is 0 Å². The van der Waals surface area contributed by atoms with Crippen LogP contribution in [-0.4, -0.2) is 30.1 Å². The van der Waals surface area contributed by atoms with E-state index in [1.165, 1.54) is 12.1 Å². The molecule has 0 saturated carbocycles. The summed E-state index contributed by atoms with van der Waals surface area (Å²) in [7, 11) is 0. The van der Waals surface area contributed by atoms with Gasteiger partial charge in [0.25, 0.3) is 5.91 Å². The average Bonchev–Trinajstić information content (AvgIpc) is 3.00. The second kappa shape index (κ2) is 9.93. The molecule has 162 valence electrons. The highest BCUT2D eigenvalue weighted by molar-refractivity contribution is 6.13. The van der Waals surface area contributed by atoms with Crippen LogP contribution in [0, 0.1) is 5.82 Å². The molecule has 2 aromatic carbocycles. The molecule has 3 rings (SSSR count). The van der Waals surface area contributed by atoms with Crippen molar-refractivity contribution in [2.45, 2.75) is 26.8 Å². The summed E-state index contributed by atoms with van der Waals surface area (Å²) in [5.41, 5.74) is 2.37. The van der Waals surface area contributed by atoms with E-state index in [4.69, 9.17) is 9.47 Å². The summed E-state index contributed by atoms with van der Waals surface area (Å²) < 4.78 is 24.6. The van der Waals surface area contributed by atoms with Crippen LogP contribution < -0.4 is 14.8 Å². The third-order valence-corrected chi connectivity index (χ3v) is 4.63. The number of ether oxygens (including phenoxy) is 2. The first-order valence-corrected chi connectivity index (χ1v) is 10.1. The Kier molecular flexibility index (Phi) is 7.07. The molecule has 0 aliphatic carbocycles. The molecule has 0 unspecified atom stereocenters. The molecule has 0 bridgehead atoms. The summed E-state index contributed by atoms with van der Waals surface area (Å²) in [6.07, 6.45) is 3.93. The van der Waals surface area contributed by atoms with Gasteiger partial charge in [-0.1, -0.05) is 18.2 Å². The van der Waals surface area contributed by atoms with Crippen LogP contribution in [0.15, 0.2) is 54.8 Å². The average molecular weight is 424 g/mol. The molecular formula is C24H25FN2O4. The van der Waals surface area contributed by atoms with Crippen molar-refractivity contribution < 1.29 is 23.5 Å². The lowest BCUT2D eigenvalue weighted by molar-refractivity contribution is -0.123. The van der Waals surface area contributed by atoms with Gasteiger partial charge in [-0.3, -0.25) is 9.69 Å². The lowest BCUT2D eigenvalue weighted by Crippen LogP contribution is -2.30. The Morgan fingerprint density at radius 2 is 1.81 bits per heavy atom. The summed E-state index contributed by atoms with van der Waals surface area (Å²) in [4.78, 5) is 26.3. The zero-order valence-corrected chi connectivity index (χ0v) is 17.6. The van der Waals surface area contributed by atoms with Crippen LogP contribution in [0.25, 0.3) is 6.08 Å². The molecule has 1 aliphatic heterocycles. The van der Waals surface area contributed by atoms with Gasteiger partial charge in [0.05, 0.1) is 19.8 Å². The van der Waals surface area contributed by atoms with Gasteiger partial charge in [-0.2, -0.15) is 0 Å². The number of nitrogens with one attached hydrogen (secondary N) is 1. The largest absolute Gasteiger partial charge is 0.490 e. The molecule has 1 N–H and O–H groups in total. The summed E-state index contributed by atoms with van der Waals surface area (Å²) in [6.45, 7) is 8.55. The predicted molar refractivity (Wildman–Crippen MR) is 116 cm³/mol. The number of amides is 3. The first-order valence-electron chi connectivity index (χ1n) is 10.1. The summed E-state index contributed by atoms with van der Waals surface area (Å²) in [6, 6.07) is 8.80. The second-order valence-electron chi connectivity index (χ2n) is 6.87. The van der Waals surface area contributed by atoms with Gasteiger partial charge >= 0.3 is 6.03 Å². The Hall–Kier alpha value is -3.61. The van der Waals surface area contributed by atoms with E-state index in [1.54, 1.807) is 30.4 Å². The van der Waals surface area contributed by atoms with Gasteiger partial charge in [-0.25, -0.2) is 9.18 Å². The number of urea groups is 1. The summed E-state index contributed by atoms with van der Waals surface area (Å²) >= 11 is 0. The first kappa shape index (κ1) is 22.1. The molecule has 1 aliphatic rings. The standard InChI is InChI=1S/C24H25FN2O4/c1-4-7-18-12-17(14-21(30-5-2)22(18)31-6-3)13-20-23(28)27(24(29)26-20)15-16-8-10-19(25)11-9-16/h4,8-14H,1,5-7,15H2,2-3H3,(H,26,29)/b20-13+. The van der Waals surface area contributed by atoms with Crippen LogP contribution in [0.3, 0.4) is 0 Å². The minimum atomic E-state index is -0.525. The number of carbonyl (C=O) groups is 2. The van der Waals surface area contributed by atoms with Crippen molar-refractivity contribution in [3.05, 3.63) is 77.3 Å². The smallest absolute Gasteiger partial charge is 0.329 e. The monoisotopic (exact) mass is 424 g/mol. The molecule has 31 heavy (non-hydrogen) atoms. The van der Waals surface area contributed by atoms with Gasteiger partial charge < -0.3 is 14.8 Å². The van der Waals surface area contributed by atoms with Crippen molar-refractivity contribution in [1.82, 2.24) is 10.2 Å². The van der Waals surface area contributed by atoms with E-state index in [9.17, 15) is 14.0 Å². The Labute approximate surface area is 181 Å². The maximum Gasteiger partial charge on any atom is 0.329 e. The van der Waals surface area contributed by atoms with Crippen LogP contribution in [0.4, 0.5) is 9.18 Å². The molecule has 2 aromatic rings. The zero-order chi connectivity index (χ0) is 22.4. The number of imide groups is 1. The van der Waals surface area contributed by atoms with Crippen molar-refractivity contribution in [2.24, 2.45) is 0 Å². The number of carbonyl (C=O) groups excluding carboxylic acids is 2. The van der Waals surface area contributed by atoms with Gasteiger partial charge in [0.15, 0.2) is 11.5 Å². The van der Waals surface area contributed by atoms with E-state index in [2.05, 4.69) is 11.9 Å². The third kappa shape index (κ3) is 5.12. The number of nitrogens with zero attached hydrogens (tertiary/aromatic N) is 1. The number of allylic oxidation sites excluding steroid dienone is 1. The van der Waals surface area contributed by atoms with Crippen molar-refractivity contribution in [3.63, 3.8) is 0 Å². The molecule has 0 radical (unpaired) electrons. The number of halogens is 1. The third-order valence-electron chi connectivity index (χ3n) is 4.63. The Morgan fingerprint density at radius 1 is 1.10 bits per heavy atom. The van der Waals surface area contributed by atoms with Crippen LogP contribution in [0.1, 0.15) is 30.5 Å². The van der Waals surface area contributed by atoms with Crippen LogP contribution in [0.2, 0.25) is 0 Å². The second-order valence-corrected chi connectivity index (χ2v) is 6.87. The minimum Gasteiger partial charge on any atom is -0.490 e. The van der Waals surface area contributed by atoms with Gasteiger partial charge in [0.2, 0.25) is 0 Å². The number of rotatable bonds is 9. The van der Waals surface area contributed by atoms with Gasteiger partial charge in [-0.15, -0.1) is 6.58 Å². The van der Waals surface area contributed by atoms with Crippen LogP contribution in [0.5, 0.6) is 11.5 Å². The van der Waals surface area contributed by atoms with E-state index in [0.29, 0.717) is 42.3 Å². The van der Waals surface area contributed by atoms with E-state index in [0.717, 1.165) is 10.5 Å². The quantitative estimate of drug-likeness (QED) is 0.367. The molecule has 1 saturated heterocycles. The molecule has 1 fully saturated rings. The van der Waals surface area contributed by atoms with Crippen molar-refractivity contribution in [2.75, 3.05) is 13.2 Å². The first-order chi connectivity index (χ1) is 15.0. The predicted octanol–water partition coefficient (Wildman–Crippen LogP) is 4.44. The van der Waals surface area contributed by atoms with E-state index in [-0.39, 0.29) is 18.1 Å². The fourth-order valence-electron chi connectivity index (χ4n) is 3.30. The van der Waals surface area contributed by atoms with Crippen molar-refractivity contribution >= 4 is 18.0 Å². The topological polar surface area (TPSA) is 67.9 Å². The molecule has 0 aromatic heterocycles. The fraction of sp³-hybridized carbons (Fsp3) is 0.250. The highest BCUT2D eigenvalue weighted by atomic mass is 19.1.